The van der Waals surface area contributed by atoms with Crippen molar-refractivity contribution in [2.24, 2.45) is 11.8 Å². The molecule has 76 valence electrons. The summed E-state index contributed by atoms with van der Waals surface area (Å²) in [5, 5.41) is 0. The molecule has 0 aliphatic heterocycles. The maximum atomic E-state index is 11.3. The lowest BCUT2D eigenvalue weighted by atomic mass is 9.97. The van der Waals surface area contributed by atoms with Crippen molar-refractivity contribution in [1.29, 1.82) is 0 Å². The van der Waals surface area contributed by atoms with Gasteiger partial charge in [-0.05, 0) is 12.3 Å². The Balaban J connectivity index is 2.03. The predicted octanol–water partition coefficient (Wildman–Crippen LogP) is 3.57. The highest BCUT2D eigenvalue weighted by molar-refractivity contribution is 5.80. The van der Waals surface area contributed by atoms with Crippen LogP contribution in [0.5, 0.6) is 0 Å². The number of carbonyl (C=O) groups excluding carboxylic acids is 1. The van der Waals surface area contributed by atoms with Gasteiger partial charge in [0.1, 0.15) is 5.78 Å². The zero-order valence-electron chi connectivity index (χ0n) is 9.01. The molecule has 1 rings (SSSR count). The third kappa shape index (κ3) is 3.93. The summed E-state index contributed by atoms with van der Waals surface area (Å²) < 4.78 is 0. The van der Waals surface area contributed by atoms with Gasteiger partial charge in [-0.15, -0.1) is 0 Å². The molecule has 0 spiro atoms. The van der Waals surface area contributed by atoms with Crippen molar-refractivity contribution >= 4 is 5.78 Å². The van der Waals surface area contributed by atoms with E-state index in [0.717, 1.165) is 18.8 Å². The predicted molar refractivity (Wildman–Crippen MR) is 55.7 cm³/mol. The molecule has 0 atom stereocenters. The van der Waals surface area contributed by atoms with Gasteiger partial charge in [-0.3, -0.25) is 4.79 Å². The van der Waals surface area contributed by atoms with Crippen molar-refractivity contribution in [3.8, 4) is 0 Å². The van der Waals surface area contributed by atoms with E-state index in [2.05, 4.69) is 0 Å². The Morgan fingerprint density at radius 3 is 2.46 bits per heavy atom. The van der Waals surface area contributed by atoms with E-state index in [4.69, 9.17) is 0 Å². The van der Waals surface area contributed by atoms with Crippen LogP contribution in [-0.4, -0.2) is 5.78 Å². The van der Waals surface area contributed by atoms with Gasteiger partial charge in [-0.1, -0.05) is 46.0 Å². The van der Waals surface area contributed by atoms with Gasteiger partial charge in [0.2, 0.25) is 0 Å². The molecule has 0 aromatic rings. The largest absolute Gasteiger partial charge is 0.299 e. The zero-order valence-corrected chi connectivity index (χ0v) is 9.01. The second-order valence-electron chi connectivity index (χ2n) is 4.66. The molecule has 0 bridgehead atoms. The lowest BCUT2D eigenvalue weighted by Crippen LogP contribution is -2.07. The van der Waals surface area contributed by atoms with Gasteiger partial charge in [0.25, 0.3) is 0 Å². The molecule has 13 heavy (non-hydrogen) atoms. The molecule has 0 aromatic carbocycles. The van der Waals surface area contributed by atoms with E-state index in [1.54, 1.807) is 0 Å². The molecule has 1 aliphatic carbocycles. The van der Waals surface area contributed by atoms with Crippen molar-refractivity contribution in [3.63, 3.8) is 0 Å². The van der Waals surface area contributed by atoms with Crippen molar-refractivity contribution in [2.75, 3.05) is 0 Å². The maximum absolute atomic E-state index is 11.3. The lowest BCUT2D eigenvalue weighted by Gasteiger charge is -2.08. The molecule has 1 heteroatoms. The van der Waals surface area contributed by atoms with Crippen molar-refractivity contribution < 1.29 is 4.79 Å². The van der Waals surface area contributed by atoms with Crippen LogP contribution in [0.2, 0.25) is 0 Å². The Kier molecular flexibility index (Phi) is 4.47. The van der Waals surface area contributed by atoms with Gasteiger partial charge in [0.15, 0.2) is 0 Å². The summed E-state index contributed by atoms with van der Waals surface area (Å²) in [4.78, 5) is 11.3. The molecule has 1 nitrogen and oxygen atoms in total. The summed E-state index contributed by atoms with van der Waals surface area (Å²) >= 11 is 0. The molecule has 0 saturated heterocycles. The second kappa shape index (κ2) is 5.41. The van der Waals surface area contributed by atoms with Gasteiger partial charge in [-0.25, -0.2) is 0 Å². The first-order valence-electron chi connectivity index (χ1n) is 5.73. The number of hydrogen-bond acceptors (Lipinski definition) is 1. The number of carbonyl (C=O) groups is 1. The molecule has 0 unspecified atom stereocenters. The molecule has 1 aliphatic rings. The minimum atomic E-state index is 0.239. The minimum absolute atomic E-state index is 0.239. The van der Waals surface area contributed by atoms with E-state index >= 15 is 0 Å². The molecular weight excluding hydrogens is 160 g/mol. The summed E-state index contributed by atoms with van der Waals surface area (Å²) in [6.45, 7) is 4.00. The fraction of sp³-hybridized carbons (Fsp3) is 0.917. The van der Waals surface area contributed by atoms with Crippen LogP contribution in [0.25, 0.3) is 0 Å². The van der Waals surface area contributed by atoms with E-state index in [0.29, 0.717) is 5.78 Å². The molecule has 1 saturated carbocycles. The third-order valence-electron chi connectivity index (χ3n) is 3.15. The van der Waals surface area contributed by atoms with Crippen LogP contribution in [0, 0.1) is 11.8 Å². The fourth-order valence-corrected chi connectivity index (χ4v) is 2.15. The molecular formula is C12H22O. The van der Waals surface area contributed by atoms with E-state index in [9.17, 15) is 4.79 Å². The third-order valence-corrected chi connectivity index (χ3v) is 3.15. The molecule has 1 fully saturated rings. The monoisotopic (exact) mass is 182 g/mol. The van der Waals surface area contributed by atoms with Crippen LogP contribution >= 0.6 is 0 Å². The second-order valence-corrected chi connectivity index (χ2v) is 4.66. The summed E-state index contributed by atoms with van der Waals surface area (Å²) in [6, 6.07) is 0. The van der Waals surface area contributed by atoms with Crippen LogP contribution in [0.3, 0.4) is 0 Å². The van der Waals surface area contributed by atoms with Crippen LogP contribution in [-0.2, 0) is 4.79 Å². The smallest absolute Gasteiger partial charge is 0.135 e. The van der Waals surface area contributed by atoms with Crippen molar-refractivity contribution in [2.45, 2.75) is 58.8 Å². The highest BCUT2D eigenvalue weighted by Gasteiger charge is 2.15. The van der Waals surface area contributed by atoms with Crippen LogP contribution in [0.15, 0.2) is 0 Å². The van der Waals surface area contributed by atoms with Gasteiger partial charge < -0.3 is 0 Å². The lowest BCUT2D eigenvalue weighted by molar-refractivity contribution is -0.122. The highest BCUT2D eigenvalue weighted by Crippen LogP contribution is 2.29. The Bertz CT molecular complexity index is 155. The summed E-state index contributed by atoms with van der Waals surface area (Å²) in [5.41, 5.74) is 0. The molecule has 0 amide bonds. The SMILES string of the molecule is CC(C)C(=O)CCCC1CCCC1. The van der Waals surface area contributed by atoms with E-state index in [1.165, 1.54) is 32.1 Å². The van der Waals surface area contributed by atoms with Crippen LogP contribution in [0.1, 0.15) is 58.8 Å². The van der Waals surface area contributed by atoms with E-state index < -0.39 is 0 Å². The molecule has 0 aromatic heterocycles. The summed E-state index contributed by atoms with van der Waals surface area (Å²) in [5.74, 6) is 1.63. The first kappa shape index (κ1) is 10.7. The Labute approximate surface area is 81.9 Å². The standard InChI is InChI=1S/C12H22O/c1-10(2)12(13)9-5-8-11-6-3-4-7-11/h10-11H,3-9H2,1-2H3. The quantitative estimate of drug-likeness (QED) is 0.635. The Morgan fingerprint density at radius 2 is 1.92 bits per heavy atom. The average molecular weight is 182 g/mol. The first-order valence-corrected chi connectivity index (χ1v) is 5.73. The number of Topliss-reactive ketones (excluding diaryl/α,β-unsaturated/α-hetero) is 1. The van der Waals surface area contributed by atoms with Crippen LogP contribution < -0.4 is 0 Å². The average Bonchev–Trinajstić information content (AvgIpc) is 2.56. The first-order chi connectivity index (χ1) is 6.20. The molecule has 0 radical (unpaired) electrons. The topological polar surface area (TPSA) is 17.1 Å². The van der Waals surface area contributed by atoms with Gasteiger partial charge >= 0.3 is 0 Å². The van der Waals surface area contributed by atoms with Gasteiger partial charge in [0.05, 0.1) is 0 Å². The highest BCUT2D eigenvalue weighted by atomic mass is 16.1. The number of rotatable bonds is 5. The zero-order chi connectivity index (χ0) is 9.68. The normalized spacial score (nSPS) is 18.4. The van der Waals surface area contributed by atoms with Crippen molar-refractivity contribution in [3.05, 3.63) is 0 Å². The van der Waals surface area contributed by atoms with E-state index in [1.807, 2.05) is 13.8 Å². The maximum Gasteiger partial charge on any atom is 0.135 e. The van der Waals surface area contributed by atoms with Gasteiger partial charge in [-0.2, -0.15) is 0 Å². The summed E-state index contributed by atoms with van der Waals surface area (Å²) in [7, 11) is 0. The fourth-order valence-electron chi connectivity index (χ4n) is 2.15. The molecule has 0 heterocycles. The molecule has 0 N–H and O–H groups in total. The number of ketones is 1. The summed E-state index contributed by atoms with van der Waals surface area (Å²) in [6.07, 6.45) is 8.89. The van der Waals surface area contributed by atoms with Gasteiger partial charge in [0, 0.05) is 12.3 Å². The number of hydrogen-bond donors (Lipinski definition) is 0. The van der Waals surface area contributed by atoms with Crippen molar-refractivity contribution in [1.82, 2.24) is 0 Å². The van der Waals surface area contributed by atoms with Crippen LogP contribution in [0.4, 0.5) is 0 Å². The Hall–Kier alpha value is -0.330. The van der Waals surface area contributed by atoms with E-state index in [-0.39, 0.29) is 5.92 Å². The Morgan fingerprint density at radius 1 is 1.31 bits per heavy atom. The minimum Gasteiger partial charge on any atom is -0.299 e.